The smallest absolute Gasteiger partial charge is 0.115 e. The highest BCUT2D eigenvalue weighted by molar-refractivity contribution is 6.18. The van der Waals surface area contributed by atoms with Crippen LogP contribution in [-0.4, -0.2) is 24.2 Å². The Kier molecular flexibility index (Phi) is 4.17. The third-order valence-corrected chi connectivity index (χ3v) is 8.56. The molecule has 0 spiro atoms. The Hall–Kier alpha value is -1.74. The topological polar surface area (TPSA) is 40.5 Å². The summed E-state index contributed by atoms with van der Waals surface area (Å²) in [6.07, 6.45) is 11.4. The third-order valence-electron chi connectivity index (χ3n) is 8.56. The number of fused-ring (bicyclic) bond motifs is 4. The van der Waals surface area contributed by atoms with Crippen LogP contribution in [0.4, 0.5) is 0 Å². The van der Waals surface area contributed by atoms with Gasteiger partial charge >= 0.3 is 0 Å². The van der Waals surface area contributed by atoms with Gasteiger partial charge in [-0.3, -0.25) is 0 Å². The lowest BCUT2D eigenvalue weighted by atomic mass is 9.42. The Labute approximate surface area is 169 Å². The number of aliphatic hydroxyl groups excluding tert-OH is 2. The summed E-state index contributed by atoms with van der Waals surface area (Å²) >= 11 is 0. The van der Waals surface area contributed by atoms with Crippen molar-refractivity contribution in [2.24, 2.45) is 17.3 Å². The molecule has 28 heavy (non-hydrogen) atoms. The van der Waals surface area contributed by atoms with E-state index in [0.717, 1.165) is 32.1 Å². The molecule has 4 aliphatic rings. The Morgan fingerprint density at radius 3 is 2.71 bits per heavy atom. The summed E-state index contributed by atoms with van der Waals surface area (Å²) in [5.41, 5.74) is 5.94. The zero-order valence-electron chi connectivity index (χ0n) is 17.1. The van der Waals surface area contributed by atoms with Gasteiger partial charge in [-0.05, 0) is 91.6 Å². The van der Waals surface area contributed by atoms with Crippen LogP contribution in [0.15, 0.2) is 65.0 Å². The van der Waals surface area contributed by atoms with Crippen molar-refractivity contribution in [1.29, 1.82) is 0 Å². The van der Waals surface area contributed by atoms with Gasteiger partial charge in [0.25, 0.3) is 0 Å². The fourth-order valence-corrected chi connectivity index (χ4v) is 7.12. The Bertz CT molecular complexity index is 883. The zero-order chi connectivity index (χ0) is 19.5. The molecule has 2 saturated carbocycles. The van der Waals surface area contributed by atoms with Crippen LogP contribution in [0.1, 0.15) is 51.0 Å². The van der Waals surface area contributed by atoms with E-state index in [1.807, 2.05) is 6.08 Å². The lowest BCUT2D eigenvalue weighted by molar-refractivity contribution is 0.145. The molecule has 2 N–H and O–H groups in total. The molecule has 4 aliphatic carbocycles. The van der Waals surface area contributed by atoms with Crippen LogP contribution in [0.2, 0.25) is 5.31 Å². The molecule has 0 aromatic heterocycles. The third kappa shape index (κ3) is 2.59. The van der Waals surface area contributed by atoms with E-state index in [1.165, 1.54) is 24.0 Å². The van der Waals surface area contributed by atoms with Gasteiger partial charge in [0.1, 0.15) is 13.6 Å². The van der Waals surface area contributed by atoms with Gasteiger partial charge < -0.3 is 10.2 Å². The van der Waals surface area contributed by atoms with Gasteiger partial charge in [-0.1, -0.05) is 47.6 Å². The first-order valence-corrected chi connectivity index (χ1v) is 11.0. The highest BCUT2D eigenvalue weighted by Gasteiger charge is 2.55. The molecule has 0 bridgehead atoms. The minimum absolute atomic E-state index is 0.147. The van der Waals surface area contributed by atoms with Crippen molar-refractivity contribution in [2.75, 3.05) is 0 Å². The van der Waals surface area contributed by atoms with Crippen molar-refractivity contribution in [1.82, 2.24) is 0 Å². The second-order valence-electron chi connectivity index (χ2n) is 9.98. The summed E-state index contributed by atoms with van der Waals surface area (Å²) in [4.78, 5) is 0. The number of rotatable bonds is 2. The van der Waals surface area contributed by atoms with Gasteiger partial charge in [0, 0.05) is 0 Å². The Morgan fingerprint density at radius 1 is 1.14 bits per heavy atom. The van der Waals surface area contributed by atoms with Gasteiger partial charge in [-0.15, -0.1) is 0 Å². The molecule has 0 aliphatic heterocycles. The molecule has 2 fully saturated rings. The second-order valence-corrected chi connectivity index (χ2v) is 9.98. The molecule has 1 aromatic rings. The summed E-state index contributed by atoms with van der Waals surface area (Å²) in [5.74, 6) is 1.42. The molecule has 2 nitrogen and oxygen atoms in total. The van der Waals surface area contributed by atoms with Crippen molar-refractivity contribution in [3.8, 4) is 0 Å². The maximum absolute atomic E-state index is 10.7. The molecule has 0 heterocycles. The number of hydrogen-bond donors (Lipinski definition) is 2. The van der Waals surface area contributed by atoms with Crippen molar-refractivity contribution >= 4 is 7.85 Å². The predicted octanol–water partition coefficient (Wildman–Crippen LogP) is 4.68. The van der Waals surface area contributed by atoms with Crippen molar-refractivity contribution < 1.29 is 10.2 Å². The highest BCUT2D eigenvalue weighted by Crippen LogP contribution is 2.67. The van der Waals surface area contributed by atoms with E-state index in [4.69, 9.17) is 0 Å². The second kappa shape index (κ2) is 6.39. The average molecular weight is 374 g/mol. The van der Waals surface area contributed by atoms with Crippen LogP contribution in [-0.2, 0) is 6.42 Å². The molecule has 0 saturated heterocycles. The SMILES string of the molecule is B[C@]12CCC3(Cc4ccccc4)C[C@H](O)CC3=C1CCC1C(C)=C(O)C=CC12. The molecular formula is C25H31BO2. The first-order chi connectivity index (χ1) is 13.4. The maximum Gasteiger partial charge on any atom is 0.115 e. The van der Waals surface area contributed by atoms with Gasteiger partial charge in [0.2, 0.25) is 0 Å². The van der Waals surface area contributed by atoms with E-state index in [9.17, 15) is 10.2 Å². The van der Waals surface area contributed by atoms with Gasteiger partial charge in [-0.25, -0.2) is 0 Å². The summed E-state index contributed by atoms with van der Waals surface area (Å²) in [6.45, 7) is 2.11. The minimum atomic E-state index is -0.195. The molecular weight excluding hydrogens is 343 g/mol. The van der Waals surface area contributed by atoms with Crippen molar-refractivity contribution in [3.05, 3.63) is 70.5 Å². The lowest BCUT2D eigenvalue weighted by Crippen LogP contribution is -2.43. The summed E-state index contributed by atoms with van der Waals surface area (Å²) < 4.78 is 0. The monoisotopic (exact) mass is 374 g/mol. The highest BCUT2D eigenvalue weighted by atomic mass is 16.3. The Morgan fingerprint density at radius 2 is 1.93 bits per heavy atom. The van der Waals surface area contributed by atoms with Gasteiger partial charge in [-0.2, -0.15) is 0 Å². The van der Waals surface area contributed by atoms with Crippen LogP contribution < -0.4 is 0 Å². The molecule has 3 heteroatoms. The fraction of sp³-hybridized carbons (Fsp3) is 0.520. The van der Waals surface area contributed by atoms with E-state index < -0.39 is 0 Å². The quantitative estimate of drug-likeness (QED) is 0.583. The van der Waals surface area contributed by atoms with E-state index in [1.54, 1.807) is 11.1 Å². The molecule has 5 atom stereocenters. The molecule has 3 unspecified atom stereocenters. The predicted molar refractivity (Wildman–Crippen MR) is 116 cm³/mol. The van der Waals surface area contributed by atoms with Gasteiger partial charge in [0.15, 0.2) is 0 Å². The van der Waals surface area contributed by atoms with Crippen LogP contribution in [0.5, 0.6) is 0 Å². The number of allylic oxidation sites excluding steroid dienone is 4. The average Bonchev–Trinajstić information content (AvgIpc) is 3.01. The Balaban J connectivity index is 1.57. The molecule has 1 aromatic carbocycles. The van der Waals surface area contributed by atoms with Gasteiger partial charge in [0.05, 0.1) is 6.10 Å². The van der Waals surface area contributed by atoms with E-state index in [0.29, 0.717) is 17.6 Å². The zero-order valence-corrected chi connectivity index (χ0v) is 17.1. The summed E-state index contributed by atoms with van der Waals surface area (Å²) in [7, 11) is 2.46. The van der Waals surface area contributed by atoms with Crippen LogP contribution in [0, 0.1) is 17.3 Å². The van der Waals surface area contributed by atoms with E-state index >= 15 is 0 Å². The first-order valence-electron chi connectivity index (χ1n) is 11.0. The largest absolute Gasteiger partial charge is 0.508 e. The normalized spacial score (nSPS) is 39.6. The van der Waals surface area contributed by atoms with E-state index in [-0.39, 0.29) is 16.8 Å². The number of hydrogen-bond acceptors (Lipinski definition) is 2. The van der Waals surface area contributed by atoms with Crippen LogP contribution >= 0.6 is 0 Å². The molecule has 0 amide bonds. The standard InChI is InChI=1S/C25H31BO2/c1-16-19-7-8-21-22-13-18(27)15-24(22,14-17-5-3-2-4-6-17)11-12-25(21,26)20(19)9-10-23(16)28/h2-6,9-10,18-20,27-28H,7-8,11-15,26H2,1H3/t18-,19?,20?,24?,25+/m1/s1. The lowest BCUT2D eigenvalue weighted by Gasteiger charge is -2.55. The molecule has 146 valence electrons. The maximum atomic E-state index is 10.7. The van der Waals surface area contributed by atoms with Crippen LogP contribution in [0.25, 0.3) is 0 Å². The number of aliphatic hydroxyl groups is 2. The van der Waals surface area contributed by atoms with Crippen molar-refractivity contribution in [3.63, 3.8) is 0 Å². The first kappa shape index (κ1) is 18.3. The van der Waals surface area contributed by atoms with E-state index in [2.05, 4.69) is 51.2 Å². The summed E-state index contributed by atoms with van der Waals surface area (Å²) in [5, 5.41) is 21.1. The fourth-order valence-electron chi connectivity index (χ4n) is 7.12. The van der Waals surface area contributed by atoms with Crippen molar-refractivity contribution in [2.45, 2.75) is 63.3 Å². The minimum Gasteiger partial charge on any atom is -0.508 e. The molecule has 0 radical (unpaired) electrons. The van der Waals surface area contributed by atoms with Crippen LogP contribution in [0.3, 0.4) is 0 Å². The summed E-state index contributed by atoms with van der Waals surface area (Å²) in [6, 6.07) is 10.8. The number of benzene rings is 1. The molecule has 5 rings (SSSR count).